The Hall–Kier alpha value is -0.350. The lowest BCUT2D eigenvalue weighted by Gasteiger charge is -2.18. The smallest absolute Gasteiger partial charge is 0.155 e. The summed E-state index contributed by atoms with van der Waals surface area (Å²) in [5.41, 5.74) is 0. The van der Waals surface area contributed by atoms with Crippen molar-refractivity contribution in [3.05, 3.63) is 12.2 Å². The summed E-state index contributed by atoms with van der Waals surface area (Å²) in [5.74, 6) is 0.253. The van der Waals surface area contributed by atoms with E-state index in [1.54, 1.807) is 20.8 Å². The lowest BCUT2D eigenvalue weighted by Crippen LogP contribution is -2.30. The molecule has 0 aromatic rings. The van der Waals surface area contributed by atoms with Gasteiger partial charge in [0, 0.05) is 6.04 Å². The molecule has 1 rings (SSSR count). The fourth-order valence-corrected chi connectivity index (χ4v) is 2.48. The van der Waals surface area contributed by atoms with Crippen molar-refractivity contribution in [2.45, 2.75) is 57.2 Å². The molecule has 3 nitrogen and oxygen atoms in total. The van der Waals surface area contributed by atoms with E-state index in [4.69, 9.17) is 0 Å². The maximum Gasteiger partial charge on any atom is 0.155 e. The summed E-state index contributed by atoms with van der Waals surface area (Å²) in [6.45, 7) is 6.27. The first-order chi connectivity index (χ1) is 7.83. The summed E-state index contributed by atoms with van der Waals surface area (Å²) < 4.78 is 23.0. The van der Waals surface area contributed by atoms with Crippen LogP contribution >= 0.6 is 0 Å². The SMILES string of the molecule is CC(C)(C)S(=O)(=O)CC/C=C/CCNC1CC1. The third kappa shape index (κ3) is 5.68. The molecule has 0 aromatic carbocycles. The van der Waals surface area contributed by atoms with Crippen molar-refractivity contribution < 1.29 is 8.42 Å². The average molecular weight is 259 g/mol. The van der Waals surface area contributed by atoms with E-state index < -0.39 is 14.6 Å². The first kappa shape index (κ1) is 14.7. The normalized spacial score (nSPS) is 17.8. The third-order valence-corrected chi connectivity index (χ3v) is 5.61. The minimum Gasteiger partial charge on any atom is -0.314 e. The molecule has 0 aromatic heterocycles. The second kappa shape index (κ2) is 6.01. The molecule has 0 spiro atoms. The molecule has 0 amide bonds. The second-order valence-electron chi connectivity index (χ2n) is 5.71. The molecule has 0 heterocycles. The Balaban J connectivity index is 2.11. The average Bonchev–Trinajstić information content (AvgIpc) is 2.98. The molecule has 1 saturated carbocycles. The number of allylic oxidation sites excluding steroid dienone is 1. The highest BCUT2D eigenvalue weighted by molar-refractivity contribution is 7.92. The van der Waals surface area contributed by atoms with E-state index in [9.17, 15) is 8.42 Å². The van der Waals surface area contributed by atoms with E-state index in [1.807, 2.05) is 6.08 Å². The molecule has 0 bridgehead atoms. The zero-order valence-electron chi connectivity index (χ0n) is 11.2. The van der Waals surface area contributed by atoms with Gasteiger partial charge in [-0.3, -0.25) is 0 Å². The van der Waals surface area contributed by atoms with Gasteiger partial charge >= 0.3 is 0 Å². The molecule has 1 aliphatic rings. The van der Waals surface area contributed by atoms with Gasteiger partial charge in [-0.1, -0.05) is 12.2 Å². The predicted molar refractivity (Wildman–Crippen MR) is 72.9 cm³/mol. The zero-order valence-corrected chi connectivity index (χ0v) is 12.0. The van der Waals surface area contributed by atoms with E-state index in [0.29, 0.717) is 6.42 Å². The highest BCUT2D eigenvalue weighted by Crippen LogP contribution is 2.18. The van der Waals surface area contributed by atoms with Crippen LogP contribution < -0.4 is 5.32 Å². The maximum atomic E-state index is 11.8. The summed E-state index contributed by atoms with van der Waals surface area (Å²) in [7, 11) is -2.96. The van der Waals surface area contributed by atoms with Gasteiger partial charge in [0.05, 0.1) is 10.5 Å². The fraction of sp³-hybridized carbons (Fsp3) is 0.846. The van der Waals surface area contributed by atoms with Crippen LogP contribution in [-0.4, -0.2) is 31.5 Å². The molecule has 0 radical (unpaired) electrons. The van der Waals surface area contributed by atoms with Gasteiger partial charge in [-0.05, 0) is 53.0 Å². The van der Waals surface area contributed by atoms with Crippen LogP contribution in [-0.2, 0) is 9.84 Å². The van der Waals surface area contributed by atoms with E-state index >= 15 is 0 Å². The molecule has 100 valence electrons. The number of hydrogen-bond acceptors (Lipinski definition) is 3. The van der Waals surface area contributed by atoms with Crippen LogP contribution in [0.15, 0.2) is 12.2 Å². The van der Waals surface area contributed by atoms with E-state index in [1.165, 1.54) is 12.8 Å². The van der Waals surface area contributed by atoms with Crippen molar-refractivity contribution >= 4 is 9.84 Å². The van der Waals surface area contributed by atoms with Crippen molar-refractivity contribution in [1.29, 1.82) is 0 Å². The second-order valence-corrected chi connectivity index (χ2v) is 8.57. The Labute approximate surface area is 106 Å². The summed E-state index contributed by atoms with van der Waals surface area (Å²) >= 11 is 0. The van der Waals surface area contributed by atoms with Gasteiger partial charge in [0.1, 0.15) is 0 Å². The Kier molecular flexibility index (Phi) is 5.20. The minimum atomic E-state index is -2.96. The molecule has 1 N–H and O–H groups in total. The van der Waals surface area contributed by atoms with Crippen molar-refractivity contribution in [2.75, 3.05) is 12.3 Å². The lowest BCUT2D eigenvalue weighted by atomic mass is 10.3. The van der Waals surface area contributed by atoms with Crippen molar-refractivity contribution in [3.63, 3.8) is 0 Å². The predicted octanol–water partition coefficient (Wildman–Crippen LogP) is 2.29. The van der Waals surface area contributed by atoms with E-state index in [2.05, 4.69) is 11.4 Å². The third-order valence-electron chi connectivity index (χ3n) is 2.97. The molecule has 1 aliphatic carbocycles. The van der Waals surface area contributed by atoms with Crippen molar-refractivity contribution in [1.82, 2.24) is 5.32 Å². The molecule has 4 heteroatoms. The number of sulfone groups is 1. The zero-order chi connectivity index (χ0) is 12.9. The summed E-state index contributed by atoms with van der Waals surface area (Å²) in [5, 5.41) is 3.42. The Morgan fingerprint density at radius 2 is 1.76 bits per heavy atom. The first-order valence-electron chi connectivity index (χ1n) is 6.43. The Morgan fingerprint density at radius 3 is 2.29 bits per heavy atom. The van der Waals surface area contributed by atoms with Gasteiger partial charge in [0.15, 0.2) is 9.84 Å². The molecule has 0 aliphatic heterocycles. The Bertz CT molecular complexity index is 348. The van der Waals surface area contributed by atoms with Gasteiger partial charge in [0.2, 0.25) is 0 Å². The number of nitrogens with one attached hydrogen (secondary N) is 1. The Morgan fingerprint density at radius 1 is 1.18 bits per heavy atom. The summed E-state index contributed by atoms with van der Waals surface area (Å²) in [6, 6.07) is 0.754. The van der Waals surface area contributed by atoms with Crippen LogP contribution in [0.5, 0.6) is 0 Å². The molecule has 1 fully saturated rings. The molecule has 0 unspecified atom stereocenters. The van der Waals surface area contributed by atoms with Crippen LogP contribution in [0.25, 0.3) is 0 Å². The van der Waals surface area contributed by atoms with Gasteiger partial charge in [-0.2, -0.15) is 0 Å². The molecule has 0 atom stereocenters. The highest BCUT2D eigenvalue weighted by Gasteiger charge is 2.27. The van der Waals surface area contributed by atoms with E-state index in [-0.39, 0.29) is 5.75 Å². The summed E-state index contributed by atoms with van der Waals surface area (Å²) in [6.07, 6.45) is 8.31. The van der Waals surface area contributed by atoms with Crippen LogP contribution in [0.3, 0.4) is 0 Å². The van der Waals surface area contributed by atoms with Crippen LogP contribution in [0, 0.1) is 0 Å². The lowest BCUT2D eigenvalue weighted by molar-refractivity contribution is 0.560. The molecular formula is C13H25NO2S. The van der Waals surface area contributed by atoms with Gasteiger partial charge in [-0.15, -0.1) is 0 Å². The van der Waals surface area contributed by atoms with E-state index in [0.717, 1.165) is 19.0 Å². The molecular weight excluding hydrogens is 234 g/mol. The van der Waals surface area contributed by atoms with Crippen molar-refractivity contribution in [2.24, 2.45) is 0 Å². The number of hydrogen-bond donors (Lipinski definition) is 1. The minimum absolute atomic E-state index is 0.253. The number of rotatable bonds is 7. The standard InChI is InChI=1S/C13H25NO2S/c1-13(2,3)17(15,16)11-7-5-4-6-10-14-12-8-9-12/h4-5,12,14H,6-11H2,1-3H3/b5-4+. The highest BCUT2D eigenvalue weighted by atomic mass is 32.2. The largest absolute Gasteiger partial charge is 0.314 e. The molecule has 0 saturated heterocycles. The maximum absolute atomic E-state index is 11.8. The fourth-order valence-electron chi connectivity index (χ4n) is 1.42. The topological polar surface area (TPSA) is 46.2 Å². The van der Waals surface area contributed by atoms with Crippen LogP contribution in [0.4, 0.5) is 0 Å². The quantitative estimate of drug-likeness (QED) is 0.563. The van der Waals surface area contributed by atoms with Gasteiger partial charge in [0.25, 0.3) is 0 Å². The molecule has 17 heavy (non-hydrogen) atoms. The van der Waals surface area contributed by atoms with Crippen LogP contribution in [0.1, 0.15) is 46.5 Å². The van der Waals surface area contributed by atoms with Gasteiger partial charge in [-0.25, -0.2) is 8.42 Å². The van der Waals surface area contributed by atoms with Crippen molar-refractivity contribution in [3.8, 4) is 0 Å². The van der Waals surface area contributed by atoms with Gasteiger partial charge < -0.3 is 5.32 Å². The first-order valence-corrected chi connectivity index (χ1v) is 8.09. The summed E-state index contributed by atoms with van der Waals surface area (Å²) in [4.78, 5) is 0. The van der Waals surface area contributed by atoms with Crippen LogP contribution in [0.2, 0.25) is 0 Å². The monoisotopic (exact) mass is 259 g/mol.